The minimum Gasteiger partial charge on any atom is -0.463 e. The Morgan fingerprint density at radius 2 is 1.58 bits per heavy atom. The number of nitrogens with zero attached hydrogens (tertiary/aromatic N) is 4. The predicted molar refractivity (Wildman–Crippen MR) is 148 cm³/mol. The number of azide groups is 1. The summed E-state index contributed by atoms with van der Waals surface area (Å²) < 4.78 is 12.5. The van der Waals surface area contributed by atoms with E-state index in [1.54, 1.807) is 6.92 Å². The summed E-state index contributed by atoms with van der Waals surface area (Å²) in [5, 5.41) is 3.75. The van der Waals surface area contributed by atoms with E-state index in [1.807, 2.05) is 0 Å². The standard InChI is InChI=1S/C28H47N5O5/c1-3-4-5-6-7-8-9-10-11-12-13-14-15-16-17-18-26(34)37-21-24-23(31-32-29)19-25(38-24)33-20-22(2)27(35)30-28(33)36/h20,23-25H,3-19,21H2,1-2H3,(H,30,35,36)/t23-,24+,25+/m0/s1. The maximum Gasteiger partial charge on any atom is 0.330 e. The highest BCUT2D eigenvalue weighted by Gasteiger charge is 2.37. The SMILES string of the molecule is CCCCCCCCCCCCCCCCCC(=O)OC[C@H]1O[C@@H](n2cc(C)c(=O)[nH]c2=O)C[C@@H]1N=[N+]=[N-]. The number of carbonyl (C=O) groups excluding carboxylic acids is 1. The van der Waals surface area contributed by atoms with Crippen LogP contribution in [0.3, 0.4) is 0 Å². The van der Waals surface area contributed by atoms with Gasteiger partial charge in [0.2, 0.25) is 0 Å². The van der Waals surface area contributed by atoms with Crippen LogP contribution in [0.1, 0.15) is 128 Å². The van der Waals surface area contributed by atoms with Crippen molar-refractivity contribution >= 4 is 5.97 Å². The normalized spacial score (nSPS) is 18.8. The molecule has 0 saturated carbocycles. The van der Waals surface area contributed by atoms with Gasteiger partial charge in [0.1, 0.15) is 18.9 Å². The largest absolute Gasteiger partial charge is 0.463 e. The molecule has 0 unspecified atom stereocenters. The average Bonchev–Trinajstić information content (AvgIpc) is 3.29. The molecule has 0 aromatic carbocycles. The molecule has 38 heavy (non-hydrogen) atoms. The molecule has 1 aliphatic rings. The zero-order valence-corrected chi connectivity index (χ0v) is 23.4. The van der Waals surface area contributed by atoms with Crippen molar-refractivity contribution < 1.29 is 14.3 Å². The van der Waals surface area contributed by atoms with E-state index in [0.29, 0.717) is 12.0 Å². The number of ether oxygens (including phenoxy) is 2. The van der Waals surface area contributed by atoms with Gasteiger partial charge in [0.25, 0.3) is 5.56 Å². The summed E-state index contributed by atoms with van der Waals surface area (Å²) in [6.07, 6.45) is 19.7. The Morgan fingerprint density at radius 1 is 1.03 bits per heavy atom. The minimum absolute atomic E-state index is 0.0468. The molecule has 1 aliphatic heterocycles. The van der Waals surface area contributed by atoms with Gasteiger partial charge < -0.3 is 9.47 Å². The van der Waals surface area contributed by atoms with Crippen LogP contribution in [0, 0.1) is 6.92 Å². The van der Waals surface area contributed by atoms with Crippen molar-refractivity contribution in [2.75, 3.05) is 6.61 Å². The van der Waals surface area contributed by atoms with Crippen molar-refractivity contribution in [2.45, 2.75) is 141 Å². The van der Waals surface area contributed by atoms with Gasteiger partial charge >= 0.3 is 11.7 Å². The van der Waals surface area contributed by atoms with E-state index in [4.69, 9.17) is 15.0 Å². The van der Waals surface area contributed by atoms with Crippen LogP contribution in [0.4, 0.5) is 0 Å². The molecule has 3 atom stereocenters. The maximum atomic E-state index is 12.2. The summed E-state index contributed by atoms with van der Waals surface area (Å²) in [6.45, 7) is 3.80. The van der Waals surface area contributed by atoms with Crippen LogP contribution in [-0.4, -0.2) is 34.3 Å². The van der Waals surface area contributed by atoms with Crippen LogP contribution >= 0.6 is 0 Å². The highest BCUT2D eigenvalue weighted by atomic mass is 16.6. The Balaban J connectivity index is 1.55. The highest BCUT2D eigenvalue weighted by Crippen LogP contribution is 2.30. The van der Waals surface area contributed by atoms with Gasteiger partial charge in [-0.15, -0.1) is 0 Å². The third kappa shape index (κ3) is 11.9. The van der Waals surface area contributed by atoms with Crippen molar-refractivity contribution in [1.29, 1.82) is 0 Å². The fourth-order valence-electron chi connectivity index (χ4n) is 4.91. The van der Waals surface area contributed by atoms with Crippen LogP contribution in [0.15, 0.2) is 20.9 Å². The van der Waals surface area contributed by atoms with E-state index in [1.165, 1.54) is 87.8 Å². The van der Waals surface area contributed by atoms with Crippen molar-refractivity contribution in [1.82, 2.24) is 9.55 Å². The number of rotatable bonds is 20. The van der Waals surface area contributed by atoms with Gasteiger partial charge in [0, 0.05) is 29.5 Å². The van der Waals surface area contributed by atoms with E-state index >= 15 is 0 Å². The minimum atomic E-state index is -0.715. The second-order valence-corrected chi connectivity index (χ2v) is 10.5. The third-order valence-electron chi connectivity index (χ3n) is 7.25. The summed E-state index contributed by atoms with van der Waals surface area (Å²) >= 11 is 0. The lowest BCUT2D eigenvalue weighted by atomic mass is 10.0. The van der Waals surface area contributed by atoms with Crippen LogP contribution in [-0.2, 0) is 14.3 Å². The lowest BCUT2D eigenvalue weighted by Crippen LogP contribution is -2.33. The van der Waals surface area contributed by atoms with Gasteiger partial charge in [-0.1, -0.05) is 102 Å². The second-order valence-electron chi connectivity index (χ2n) is 10.5. The van der Waals surface area contributed by atoms with Crippen molar-refractivity contribution in [3.05, 3.63) is 43.0 Å². The Bertz CT molecular complexity index is 985. The molecule has 1 fully saturated rings. The molecule has 214 valence electrons. The molecule has 0 amide bonds. The van der Waals surface area contributed by atoms with E-state index in [9.17, 15) is 14.4 Å². The molecule has 1 saturated heterocycles. The van der Waals surface area contributed by atoms with E-state index in [2.05, 4.69) is 21.9 Å². The van der Waals surface area contributed by atoms with Gasteiger partial charge in [-0.3, -0.25) is 19.1 Å². The second kappa shape index (κ2) is 18.6. The van der Waals surface area contributed by atoms with Crippen LogP contribution < -0.4 is 11.2 Å². The van der Waals surface area contributed by atoms with Crippen LogP contribution in [0.25, 0.3) is 10.4 Å². The fourth-order valence-corrected chi connectivity index (χ4v) is 4.91. The number of esters is 1. The molecule has 10 nitrogen and oxygen atoms in total. The van der Waals surface area contributed by atoms with E-state index < -0.39 is 29.6 Å². The number of H-pyrrole nitrogens is 1. The number of aryl methyl sites for hydroxylation is 1. The summed E-state index contributed by atoms with van der Waals surface area (Å²) in [7, 11) is 0. The fraction of sp³-hybridized carbons (Fsp3) is 0.821. The number of nitrogens with one attached hydrogen (secondary N) is 1. The van der Waals surface area contributed by atoms with Gasteiger partial charge in [-0.25, -0.2) is 4.79 Å². The summed E-state index contributed by atoms with van der Waals surface area (Å²) in [5.74, 6) is -0.302. The molecule has 0 bridgehead atoms. The molecule has 0 aliphatic carbocycles. The molecule has 2 heterocycles. The zero-order chi connectivity index (χ0) is 27.6. The molecule has 1 aromatic rings. The monoisotopic (exact) mass is 533 g/mol. The third-order valence-corrected chi connectivity index (χ3v) is 7.25. The number of hydrogen-bond acceptors (Lipinski definition) is 6. The predicted octanol–water partition coefficient (Wildman–Crippen LogP) is 6.62. The Hall–Kier alpha value is -2.58. The quantitative estimate of drug-likeness (QED) is 0.0660. The summed E-state index contributed by atoms with van der Waals surface area (Å²) in [5.41, 5.74) is 8.20. The Kier molecular flexibility index (Phi) is 15.5. The lowest BCUT2D eigenvalue weighted by molar-refractivity contribution is -0.148. The topological polar surface area (TPSA) is 139 Å². The first-order chi connectivity index (χ1) is 18.5. The Morgan fingerprint density at radius 3 is 2.13 bits per heavy atom. The van der Waals surface area contributed by atoms with Gasteiger partial charge in [0.05, 0.1) is 6.04 Å². The highest BCUT2D eigenvalue weighted by molar-refractivity contribution is 5.69. The molecule has 1 aromatic heterocycles. The molecule has 1 N–H and O–H groups in total. The van der Waals surface area contributed by atoms with Gasteiger partial charge in [-0.2, -0.15) is 0 Å². The zero-order valence-electron chi connectivity index (χ0n) is 23.4. The van der Waals surface area contributed by atoms with Crippen molar-refractivity contribution in [2.24, 2.45) is 5.11 Å². The summed E-state index contributed by atoms with van der Waals surface area (Å²) in [6, 6.07) is -0.581. The van der Waals surface area contributed by atoms with Crippen LogP contribution in [0.2, 0.25) is 0 Å². The summed E-state index contributed by atoms with van der Waals surface area (Å²) in [4.78, 5) is 41.1. The number of carbonyl (C=O) groups is 1. The first-order valence-corrected chi connectivity index (χ1v) is 14.6. The number of unbranched alkanes of at least 4 members (excludes halogenated alkanes) is 14. The number of hydrogen-bond donors (Lipinski definition) is 1. The van der Waals surface area contributed by atoms with E-state index in [0.717, 1.165) is 19.3 Å². The molecule has 0 radical (unpaired) electrons. The van der Waals surface area contributed by atoms with Gasteiger partial charge in [0.15, 0.2) is 0 Å². The van der Waals surface area contributed by atoms with Crippen molar-refractivity contribution in [3.63, 3.8) is 0 Å². The molecule has 10 heteroatoms. The maximum absolute atomic E-state index is 12.2. The van der Waals surface area contributed by atoms with Crippen LogP contribution in [0.5, 0.6) is 0 Å². The first kappa shape index (κ1) is 31.6. The first-order valence-electron chi connectivity index (χ1n) is 14.6. The molecular formula is C28H47N5O5. The van der Waals surface area contributed by atoms with Gasteiger partial charge in [-0.05, 0) is 18.9 Å². The molecule has 2 rings (SSSR count). The van der Waals surface area contributed by atoms with E-state index in [-0.39, 0.29) is 19.0 Å². The van der Waals surface area contributed by atoms with Crippen molar-refractivity contribution in [3.8, 4) is 0 Å². The lowest BCUT2D eigenvalue weighted by Gasteiger charge is -2.17. The molecular weight excluding hydrogens is 486 g/mol. The number of aromatic nitrogens is 2. The smallest absolute Gasteiger partial charge is 0.330 e. The molecule has 0 spiro atoms. The Labute approximate surface area is 226 Å². The number of aromatic amines is 1. The average molecular weight is 534 g/mol.